The number of hydrogen-bond donors (Lipinski definition) is 1. The predicted molar refractivity (Wildman–Crippen MR) is 60.8 cm³/mol. The van der Waals surface area contributed by atoms with E-state index in [1.807, 2.05) is 29.6 Å². The second-order valence-electron chi connectivity index (χ2n) is 3.19. The van der Waals surface area contributed by atoms with Gasteiger partial charge in [-0.15, -0.1) is 11.3 Å². The highest BCUT2D eigenvalue weighted by molar-refractivity contribution is 7.17. The average Bonchev–Trinajstić information content (AvgIpc) is 2.70. The molecule has 0 aliphatic heterocycles. The van der Waals surface area contributed by atoms with Gasteiger partial charge in [0.1, 0.15) is 6.04 Å². The third-order valence-electron chi connectivity index (χ3n) is 2.30. The maximum absolute atomic E-state index is 11.3. The molecule has 1 aromatic heterocycles. The van der Waals surface area contributed by atoms with Crippen LogP contribution in [0.4, 0.5) is 0 Å². The first-order chi connectivity index (χ1) is 7.24. The van der Waals surface area contributed by atoms with Crippen LogP contribution in [0.15, 0.2) is 29.6 Å². The van der Waals surface area contributed by atoms with Crippen LogP contribution in [0.25, 0.3) is 10.1 Å². The highest BCUT2D eigenvalue weighted by Crippen LogP contribution is 2.29. The number of thiophene rings is 1. The predicted octanol–water partition coefficient (Wildman–Crippen LogP) is 2.07. The molecule has 0 spiro atoms. The Morgan fingerprint density at radius 2 is 2.20 bits per heavy atom. The van der Waals surface area contributed by atoms with Crippen LogP contribution in [0.1, 0.15) is 11.6 Å². The highest BCUT2D eigenvalue weighted by Gasteiger charge is 2.19. The number of hydrogen-bond acceptors (Lipinski definition) is 4. The Kier molecular flexibility index (Phi) is 2.70. The third kappa shape index (κ3) is 1.73. The summed E-state index contributed by atoms with van der Waals surface area (Å²) in [6, 6.07) is 7.18. The van der Waals surface area contributed by atoms with E-state index in [0.29, 0.717) is 0 Å². The molecule has 0 unspecified atom stereocenters. The quantitative estimate of drug-likeness (QED) is 0.790. The Hall–Kier alpha value is -1.39. The molecule has 78 valence electrons. The van der Waals surface area contributed by atoms with Gasteiger partial charge in [-0.25, -0.2) is 0 Å². The Morgan fingerprint density at radius 3 is 2.93 bits per heavy atom. The Labute approximate surface area is 91.5 Å². The van der Waals surface area contributed by atoms with Gasteiger partial charge in [0.05, 0.1) is 7.11 Å². The zero-order valence-corrected chi connectivity index (χ0v) is 9.08. The van der Waals surface area contributed by atoms with E-state index in [1.165, 1.54) is 7.11 Å². The Balaban J connectivity index is 2.48. The minimum absolute atomic E-state index is 0.404. The monoisotopic (exact) mass is 221 g/mol. The maximum atomic E-state index is 11.3. The number of fused-ring (bicyclic) bond motifs is 1. The van der Waals surface area contributed by atoms with Crippen LogP contribution in [0.2, 0.25) is 0 Å². The molecule has 1 aromatic carbocycles. The molecule has 4 heteroatoms. The second-order valence-corrected chi connectivity index (χ2v) is 4.10. The van der Waals surface area contributed by atoms with Gasteiger partial charge in [0.15, 0.2) is 0 Å². The standard InChI is InChI=1S/C11H11NO2S/c1-14-11(13)10(12)8-6-15-9-5-3-2-4-7(8)9/h2-6,10H,12H2,1H3/t10-/m1/s1. The first-order valence-corrected chi connectivity index (χ1v) is 5.41. The summed E-state index contributed by atoms with van der Waals surface area (Å²) in [6.07, 6.45) is 0. The van der Waals surface area contributed by atoms with Gasteiger partial charge in [0.25, 0.3) is 0 Å². The molecule has 15 heavy (non-hydrogen) atoms. The number of rotatable bonds is 2. The molecular weight excluding hydrogens is 210 g/mol. The summed E-state index contributed by atoms with van der Waals surface area (Å²) in [5.74, 6) is -0.404. The molecule has 2 rings (SSSR count). The van der Waals surface area contributed by atoms with Crippen molar-refractivity contribution in [3.05, 3.63) is 35.2 Å². The van der Waals surface area contributed by atoms with Gasteiger partial charge in [0.2, 0.25) is 0 Å². The molecule has 0 bridgehead atoms. The van der Waals surface area contributed by atoms with Crippen molar-refractivity contribution in [3.63, 3.8) is 0 Å². The van der Waals surface area contributed by atoms with E-state index in [1.54, 1.807) is 11.3 Å². The normalized spacial score (nSPS) is 12.7. The minimum Gasteiger partial charge on any atom is -0.468 e. The number of carbonyl (C=O) groups excluding carboxylic acids is 1. The molecular formula is C11H11NO2S. The van der Waals surface area contributed by atoms with E-state index in [2.05, 4.69) is 4.74 Å². The largest absolute Gasteiger partial charge is 0.468 e. The van der Waals surface area contributed by atoms with Gasteiger partial charge >= 0.3 is 5.97 Å². The summed E-state index contributed by atoms with van der Waals surface area (Å²) >= 11 is 1.58. The van der Waals surface area contributed by atoms with Crippen LogP contribution < -0.4 is 5.73 Å². The molecule has 1 heterocycles. The molecule has 0 saturated carbocycles. The molecule has 0 aliphatic carbocycles. The molecule has 1 atom stereocenters. The van der Waals surface area contributed by atoms with Crippen molar-refractivity contribution in [2.45, 2.75) is 6.04 Å². The fourth-order valence-corrected chi connectivity index (χ4v) is 2.49. The fourth-order valence-electron chi connectivity index (χ4n) is 1.49. The van der Waals surface area contributed by atoms with Crippen molar-refractivity contribution in [1.82, 2.24) is 0 Å². The van der Waals surface area contributed by atoms with E-state index < -0.39 is 12.0 Å². The first-order valence-electron chi connectivity index (χ1n) is 4.53. The van der Waals surface area contributed by atoms with Gasteiger partial charge in [-0.1, -0.05) is 18.2 Å². The molecule has 0 aliphatic rings. The van der Waals surface area contributed by atoms with Crippen LogP contribution in [0, 0.1) is 0 Å². The first kappa shape index (κ1) is 10.1. The summed E-state index contributed by atoms with van der Waals surface area (Å²) in [5.41, 5.74) is 6.63. The lowest BCUT2D eigenvalue weighted by molar-refractivity contribution is -0.142. The summed E-state index contributed by atoms with van der Waals surface area (Å²) in [5, 5.41) is 2.94. The van der Waals surface area contributed by atoms with Crippen molar-refractivity contribution in [2.75, 3.05) is 7.11 Å². The number of nitrogens with two attached hydrogens (primary N) is 1. The summed E-state index contributed by atoms with van der Waals surface area (Å²) in [7, 11) is 1.34. The van der Waals surface area contributed by atoms with Gasteiger partial charge in [0, 0.05) is 4.70 Å². The summed E-state index contributed by atoms with van der Waals surface area (Å²) < 4.78 is 5.76. The highest BCUT2D eigenvalue weighted by atomic mass is 32.1. The van der Waals surface area contributed by atoms with Crippen LogP contribution >= 0.6 is 11.3 Å². The van der Waals surface area contributed by atoms with Crippen molar-refractivity contribution < 1.29 is 9.53 Å². The number of esters is 1. The SMILES string of the molecule is COC(=O)[C@H](N)c1csc2ccccc12. The van der Waals surface area contributed by atoms with E-state index in [9.17, 15) is 4.79 Å². The van der Waals surface area contributed by atoms with Gasteiger partial charge in [-0.2, -0.15) is 0 Å². The lowest BCUT2D eigenvalue weighted by atomic mass is 10.1. The number of benzene rings is 1. The maximum Gasteiger partial charge on any atom is 0.327 e. The lowest BCUT2D eigenvalue weighted by Crippen LogP contribution is -2.22. The number of carbonyl (C=O) groups is 1. The third-order valence-corrected chi connectivity index (χ3v) is 3.28. The number of ether oxygens (including phenoxy) is 1. The molecule has 0 fully saturated rings. The zero-order chi connectivity index (χ0) is 10.8. The molecule has 0 saturated heterocycles. The zero-order valence-electron chi connectivity index (χ0n) is 8.27. The minimum atomic E-state index is -0.689. The number of methoxy groups -OCH3 is 1. The Bertz CT molecular complexity index is 492. The molecule has 0 radical (unpaired) electrons. The topological polar surface area (TPSA) is 52.3 Å². The Morgan fingerprint density at radius 1 is 1.47 bits per heavy atom. The molecule has 2 N–H and O–H groups in total. The van der Waals surface area contributed by atoms with Crippen molar-refractivity contribution >= 4 is 27.4 Å². The van der Waals surface area contributed by atoms with E-state index in [4.69, 9.17) is 5.73 Å². The lowest BCUT2D eigenvalue weighted by Gasteiger charge is -2.07. The smallest absolute Gasteiger partial charge is 0.327 e. The average molecular weight is 221 g/mol. The van der Waals surface area contributed by atoms with Crippen molar-refractivity contribution in [3.8, 4) is 0 Å². The molecule has 0 amide bonds. The van der Waals surface area contributed by atoms with Crippen molar-refractivity contribution in [2.24, 2.45) is 5.73 Å². The van der Waals surface area contributed by atoms with Crippen LogP contribution in [-0.2, 0) is 9.53 Å². The van der Waals surface area contributed by atoms with E-state index in [-0.39, 0.29) is 0 Å². The van der Waals surface area contributed by atoms with Crippen molar-refractivity contribution in [1.29, 1.82) is 0 Å². The molecule has 2 aromatic rings. The van der Waals surface area contributed by atoms with Gasteiger partial charge in [-0.05, 0) is 22.4 Å². The summed E-state index contributed by atoms with van der Waals surface area (Å²) in [4.78, 5) is 11.3. The van der Waals surface area contributed by atoms with E-state index >= 15 is 0 Å². The van der Waals surface area contributed by atoms with Crippen LogP contribution in [0.5, 0.6) is 0 Å². The second kappa shape index (κ2) is 4.00. The summed E-state index contributed by atoms with van der Waals surface area (Å²) in [6.45, 7) is 0. The van der Waals surface area contributed by atoms with Gasteiger partial charge in [-0.3, -0.25) is 4.79 Å². The van der Waals surface area contributed by atoms with Gasteiger partial charge < -0.3 is 10.5 Å². The van der Waals surface area contributed by atoms with Crippen LogP contribution in [-0.4, -0.2) is 13.1 Å². The fraction of sp³-hybridized carbons (Fsp3) is 0.182. The van der Waals surface area contributed by atoms with E-state index in [0.717, 1.165) is 15.6 Å². The van der Waals surface area contributed by atoms with Crippen LogP contribution in [0.3, 0.4) is 0 Å². The molecule has 3 nitrogen and oxygen atoms in total.